The van der Waals surface area contributed by atoms with Gasteiger partial charge in [0.05, 0.1) is 5.69 Å². The van der Waals surface area contributed by atoms with E-state index in [9.17, 15) is 9.59 Å². The lowest BCUT2D eigenvalue weighted by atomic mass is 10.1. The Morgan fingerprint density at radius 1 is 1.40 bits per heavy atom. The number of rotatable bonds is 2. The number of anilines is 1. The number of carbonyl (C=O) groups is 2. The van der Waals surface area contributed by atoms with Gasteiger partial charge in [-0.15, -0.1) is 0 Å². The van der Waals surface area contributed by atoms with Crippen LogP contribution in [0.3, 0.4) is 0 Å². The number of amides is 1. The van der Waals surface area contributed by atoms with Crippen molar-refractivity contribution in [1.29, 1.82) is 0 Å². The number of carbonyl (C=O) groups excluding carboxylic acids is 2. The maximum atomic E-state index is 12.2. The van der Waals surface area contributed by atoms with E-state index in [1.165, 1.54) is 11.8 Å². The van der Waals surface area contributed by atoms with Crippen molar-refractivity contribution in [2.75, 3.05) is 11.4 Å². The highest BCUT2D eigenvalue weighted by molar-refractivity contribution is 8.14. The van der Waals surface area contributed by atoms with E-state index in [0.717, 1.165) is 16.5 Å². The van der Waals surface area contributed by atoms with Gasteiger partial charge in [-0.2, -0.15) is 0 Å². The first-order valence-corrected chi connectivity index (χ1v) is 7.33. The Balaban J connectivity index is 1.95. The third-order valence-corrected chi connectivity index (χ3v) is 4.35. The molecule has 1 fully saturated rings. The molecule has 1 aromatic carbocycles. The van der Waals surface area contributed by atoms with E-state index >= 15 is 0 Å². The first-order valence-electron chi connectivity index (χ1n) is 6.45. The molecule has 1 atom stereocenters. The number of nitrogens with zero attached hydrogens (tertiary/aromatic N) is 2. The molecular weight excluding hydrogens is 272 g/mol. The van der Waals surface area contributed by atoms with Crippen LogP contribution >= 0.6 is 11.8 Å². The van der Waals surface area contributed by atoms with Crippen LogP contribution in [-0.2, 0) is 9.59 Å². The van der Waals surface area contributed by atoms with Crippen LogP contribution in [0.25, 0.3) is 10.8 Å². The van der Waals surface area contributed by atoms with Crippen LogP contribution in [0.4, 0.5) is 5.69 Å². The third kappa shape index (κ3) is 2.41. The predicted molar refractivity (Wildman–Crippen MR) is 80.8 cm³/mol. The summed E-state index contributed by atoms with van der Waals surface area (Å²) in [6.45, 7) is 2.12. The quantitative estimate of drug-likeness (QED) is 0.851. The van der Waals surface area contributed by atoms with Crippen molar-refractivity contribution in [3.8, 4) is 0 Å². The van der Waals surface area contributed by atoms with Crippen LogP contribution in [0.15, 0.2) is 36.7 Å². The fourth-order valence-corrected chi connectivity index (χ4v) is 3.47. The molecular formula is C15H14N2O2S. The van der Waals surface area contributed by atoms with Crippen LogP contribution in [0.2, 0.25) is 0 Å². The van der Waals surface area contributed by atoms with Gasteiger partial charge in [-0.25, -0.2) is 0 Å². The lowest BCUT2D eigenvalue weighted by molar-refractivity contribution is -0.117. The molecule has 3 rings (SSSR count). The minimum absolute atomic E-state index is 0.0481. The molecule has 1 saturated heterocycles. The molecule has 0 bridgehead atoms. The number of aromatic nitrogens is 1. The van der Waals surface area contributed by atoms with Gasteiger partial charge in [0, 0.05) is 42.9 Å². The molecule has 1 aliphatic rings. The minimum Gasteiger partial charge on any atom is -0.311 e. The van der Waals surface area contributed by atoms with Gasteiger partial charge in [0.25, 0.3) is 0 Å². The molecule has 1 aliphatic heterocycles. The normalized spacial score (nSPS) is 18.8. The molecule has 0 spiro atoms. The number of hydrogen-bond donors (Lipinski definition) is 0. The topological polar surface area (TPSA) is 50.3 Å². The first-order chi connectivity index (χ1) is 9.65. The molecule has 5 heteroatoms. The summed E-state index contributed by atoms with van der Waals surface area (Å²) in [6, 6.07) is 7.81. The zero-order valence-corrected chi connectivity index (χ0v) is 11.9. The Labute approximate surface area is 121 Å². The Bertz CT molecular complexity index is 681. The Morgan fingerprint density at radius 2 is 2.25 bits per heavy atom. The number of thioether (sulfide) groups is 1. The molecule has 1 amide bonds. The van der Waals surface area contributed by atoms with Gasteiger partial charge in [0.1, 0.15) is 0 Å². The maximum Gasteiger partial charge on any atom is 0.228 e. The lowest BCUT2D eigenvalue weighted by Gasteiger charge is -2.18. The molecule has 0 aliphatic carbocycles. The van der Waals surface area contributed by atoms with Gasteiger partial charge in [-0.1, -0.05) is 23.9 Å². The molecule has 1 aromatic heterocycles. The fraction of sp³-hybridized carbons (Fsp3) is 0.267. The number of pyridine rings is 1. The maximum absolute atomic E-state index is 12.2. The number of hydrogen-bond acceptors (Lipinski definition) is 4. The lowest BCUT2D eigenvalue weighted by Crippen LogP contribution is -2.25. The van der Waals surface area contributed by atoms with Crippen molar-refractivity contribution in [3.05, 3.63) is 36.7 Å². The zero-order valence-electron chi connectivity index (χ0n) is 11.1. The van der Waals surface area contributed by atoms with Crippen LogP contribution in [0, 0.1) is 0 Å². The summed E-state index contributed by atoms with van der Waals surface area (Å²) in [5.74, 6) is 0.0695. The average molecular weight is 286 g/mol. The highest BCUT2D eigenvalue weighted by Crippen LogP contribution is 2.32. The summed E-state index contributed by atoms with van der Waals surface area (Å²) in [5.41, 5.74) is 0.882. The van der Waals surface area contributed by atoms with E-state index in [-0.39, 0.29) is 16.3 Å². The van der Waals surface area contributed by atoms with Gasteiger partial charge >= 0.3 is 0 Å². The number of benzene rings is 1. The van der Waals surface area contributed by atoms with Crippen molar-refractivity contribution < 1.29 is 9.59 Å². The van der Waals surface area contributed by atoms with Gasteiger partial charge in [-0.05, 0) is 17.5 Å². The summed E-state index contributed by atoms with van der Waals surface area (Å²) in [7, 11) is 0. The smallest absolute Gasteiger partial charge is 0.228 e. The average Bonchev–Trinajstić information content (AvgIpc) is 2.78. The van der Waals surface area contributed by atoms with Crippen LogP contribution < -0.4 is 4.90 Å². The Kier molecular flexibility index (Phi) is 3.44. The van der Waals surface area contributed by atoms with Crippen molar-refractivity contribution >= 4 is 39.2 Å². The van der Waals surface area contributed by atoms with Crippen molar-refractivity contribution in [3.63, 3.8) is 0 Å². The summed E-state index contributed by atoms with van der Waals surface area (Å²) in [5, 5.41) is 2.14. The molecule has 20 heavy (non-hydrogen) atoms. The monoisotopic (exact) mass is 286 g/mol. The number of fused-ring (bicyclic) bond motifs is 1. The summed E-state index contributed by atoms with van der Waals surface area (Å²) in [4.78, 5) is 29.3. The summed E-state index contributed by atoms with van der Waals surface area (Å²) >= 11 is 1.25. The summed E-state index contributed by atoms with van der Waals surface area (Å²) < 4.78 is 0. The van der Waals surface area contributed by atoms with E-state index in [4.69, 9.17) is 0 Å². The summed E-state index contributed by atoms with van der Waals surface area (Å²) in [6.07, 6.45) is 3.94. The highest BCUT2D eigenvalue weighted by Gasteiger charge is 2.32. The predicted octanol–water partition coefficient (Wildman–Crippen LogP) is 2.62. The highest BCUT2D eigenvalue weighted by atomic mass is 32.2. The van der Waals surface area contributed by atoms with Crippen molar-refractivity contribution in [2.45, 2.75) is 18.6 Å². The first kappa shape index (κ1) is 13.1. The molecule has 4 nitrogen and oxygen atoms in total. The largest absolute Gasteiger partial charge is 0.311 e. The van der Waals surface area contributed by atoms with E-state index < -0.39 is 0 Å². The van der Waals surface area contributed by atoms with Gasteiger partial charge in [0.2, 0.25) is 5.91 Å². The molecule has 102 valence electrons. The molecule has 0 radical (unpaired) electrons. The second-order valence-electron chi connectivity index (χ2n) is 4.81. The molecule has 2 heterocycles. The van der Waals surface area contributed by atoms with E-state index in [0.29, 0.717) is 13.0 Å². The Hall–Kier alpha value is -1.88. The van der Waals surface area contributed by atoms with E-state index in [2.05, 4.69) is 4.98 Å². The molecule has 2 aromatic rings. The molecule has 1 unspecified atom stereocenters. The second-order valence-corrected chi connectivity index (χ2v) is 6.29. The molecule has 0 saturated carbocycles. The van der Waals surface area contributed by atoms with Crippen LogP contribution in [0.1, 0.15) is 13.3 Å². The van der Waals surface area contributed by atoms with Gasteiger partial charge in [0.15, 0.2) is 5.12 Å². The third-order valence-electron chi connectivity index (χ3n) is 3.37. The Morgan fingerprint density at radius 3 is 3.05 bits per heavy atom. The van der Waals surface area contributed by atoms with Gasteiger partial charge in [-0.3, -0.25) is 14.6 Å². The van der Waals surface area contributed by atoms with E-state index in [1.807, 2.05) is 24.3 Å². The minimum atomic E-state index is 0.0481. The van der Waals surface area contributed by atoms with Crippen LogP contribution in [0.5, 0.6) is 0 Å². The van der Waals surface area contributed by atoms with Crippen LogP contribution in [-0.4, -0.2) is 27.8 Å². The second kappa shape index (κ2) is 5.25. The van der Waals surface area contributed by atoms with E-state index in [1.54, 1.807) is 24.2 Å². The SMILES string of the molecule is CC(=O)SC1CC(=O)N(c2cccc3ccncc23)C1. The molecule has 0 N–H and O–H groups in total. The van der Waals surface area contributed by atoms with Crippen molar-refractivity contribution in [1.82, 2.24) is 4.98 Å². The fourth-order valence-electron chi connectivity index (χ4n) is 2.55. The van der Waals surface area contributed by atoms with Crippen molar-refractivity contribution in [2.24, 2.45) is 0 Å². The zero-order chi connectivity index (χ0) is 14.1. The standard InChI is InChI=1S/C15H14N2O2S/c1-10(18)20-12-7-15(19)17(9-12)14-4-2-3-11-5-6-16-8-13(11)14/h2-6,8,12H,7,9H2,1H3. The van der Waals surface area contributed by atoms with Gasteiger partial charge < -0.3 is 4.90 Å².